The van der Waals surface area contributed by atoms with Gasteiger partial charge in [0.1, 0.15) is 11.6 Å². The van der Waals surface area contributed by atoms with Gasteiger partial charge in [-0.1, -0.05) is 48.5 Å². The van der Waals surface area contributed by atoms with Crippen molar-refractivity contribution < 1.29 is 28.5 Å². The summed E-state index contributed by atoms with van der Waals surface area (Å²) in [6.45, 7) is 1.84. The van der Waals surface area contributed by atoms with E-state index in [4.69, 9.17) is 28.9 Å². The Labute approximate surface area is 360 Å². The minimum absolute atomic E-state index is 0. The Hall–Kier alpha value is -6.12. The van der Waals surface area contributed by atoms with Gasteiger partial charge in [0.2, 0.25) is 25.4 Å². The van der Waals surface area contributed by atoms with Crippen LogP contribution in [-0.4, -0.2) is 68.2 Å². The van der Waals surface area contributed by atoms with Crippen molar-refractivity contribution in [1.82, 2.24) is 29.7 Å². The molecule has 2 saturated heterocycles. The molecular formula is C46H44N6O6S2. The highest BCUT2D eigenvalue weighted by Crippen LogP contribution is 2.38. The summed E-state index contributed by atoms with van der Waals surface area (Å²) in [6.07, 6.45) is 4.21. The molecule has 0 bridgehead atoms. The van der Waals surface area contributed by atoms with Crippen LogP contribution in [0.15, 0.2) is 97.1 Å². The third kappa shape index (κ3) is 7.27. The molecule has 0 spiro atoms. The zero-order valence-corrected chi connectivity index (χ0v) is 34.7. The third-order valence-corrected chi connectivity index (χ3v) is 11.9. The van der Waals surface area contributed by atoms with Crippen LogP contribution in [-0.2, 0) is 22.4 Å². The lowest BCUT2D eigenvalue weighted by Crippen LogP contribution is -2.32. The van der Waals surface area contributed by atoms with Crippen LogP contribution in [0.5, 0.6) is 23.0 Å². The van der Waals surface area contributed by atoms with Crippen molar-refractivity contribution in [3.8, 4) is 45.3 Å². The number of H-pyrrole nitrogens is 2. The number of hydrogen-bond acceptors (Lipinski definition) is 8. The maximum atomic E-state index is 13.5. The number of hydrogen-bond donors (Lipinski definition) is 2. The molecule has 2 amide bonds. The highest BCUT2D eigenvalue weighted by molar-refractivity contribution is 7.59. The van der Waals surface area contributed by atoms with Crippen LogP contribution in [0.4, 0.5) is 0 Å². The third-order valence-electron chi connectivity index (χ3n) is 11.9. The van der Waals surface area contributed by atoms with Crippen molar-refractivity contribution in [1.29, 1.82) is 0 Å². The minimum atomic E-state index is -0.0909. The molecule has 2 aromatic heterocycles. The number of imidazole rings is 2. The molecule has 4 aliphatic rings. The van der Waals surface area contributed by atoms with Gasteiger partial charge in [0.15, 0.2) is 23.0 Å². The van der Waals surface area contributed by atoms with Crippen LogP contribution in [0.2, 0.25) is 0 Å². The van der Waals surface area contributed by atoms with E-state index in [2.05, 4.69) is 58.5 Å². The number of likely N-dealkylation sites (tertiary alicyclic amines) is 2. The number of fused-ring (bicyclic) bond motifs is 4. The molecule has 6 heterocycles. The topological polar surface area (TPSA) is 135 Å². The molecule has 2 fully saturated rings. The first-order valence-electron chi connectivity index (χ1n) is 20.0. The maximum absolute atomic E-state index is 13.5. The Bertz CT molecular complexity index is 2570. The van der Waals surface area contributed by atoms with Crippen molar-refractivity contribution >= 4 is 60.9 Å². The van der Waals surface area contributed by atoms with E-state index in [1.165, 1.54) is 0 Å². The van der Waals surface area contributed by atoms with E-state index in [1.807, 2.05) is 58.3 Å². The van der Waals surface area contributed by atoms with Crippen molar-refractivity contribution in [2.24, 2.45) is 0 Å². The second-order valence-corrected chi connectivity index (χ2v) is 15.5. The number of aromatic nitrogens is 4. The lowest BCUT2D eigenvalue weighted by atomic mass is 10.00. The first-order valence-corrected chi connectivity index (χ1v) is 20.0. The van der Waals surface area contributed by atoms with Crippen LogP contribution < -0.4 is 18.9 Å². The van der Waals surface area contributed by atoms with Gasteiger partial charge >= 0.3 is 0 Å². The molecule has 5 aromatic carbocycles. The zero-order valence-electron chi connectivity index (χ0n) is 32.7. The van der Waals surface area contributed by atoms with E-state index in [0.29, 0.717) is 48.9 Å². The fraction of sp³-hybridized carbons (Fsp3) is 0.261. The van der Waals surface area contributed by atoms with Crippen molar-refractivity contribution in [3.63, 3.8) is 0 Å². The molecule has 0 unspecified atom stereocenters. The fourth-order valence-corrected chi connectivity index (χ4v) is 8.94. The van der Waals surface area contributed by atoms with Crippen molar-refractivity contribution in [2.45, 2.75) is 50.6 Å². The quantitative estimate of drug-likeness (QED) is 0.156. The van der Waals surface area contributed by atoms with Crippen molar-refractivity contribution in [3.05, 3.63) is 120 Å². The highest BCUT2D eigenvalue weighted by Gasteiger charge is 2.34. The second kappa shape index (κ2) is 16.1. The summed E-state index contributed by atoms with van der Waals surface area (Å²) >= 11 is 0. The maximum Gasteiger partial charge on any atom is 0.231 e. The first-order chi connectivity index (χ1) is 28.5. The fourth-order valence-electron chi connectivity index (χ4n) is 8.94. The van der Waals surface area contributed by atoms with Crippen molar-refractivity contribution in [2.75, 3.05) is 26.7 Å². The molecule has 60 heavy (non-hydrogen) atoms. The minimum Gasteiger partial charge on any atom is -0.454 e. The summed E-state index contributed by atoms with van der Waals surface area (Å²) < 4.78 is 21.9. The largest absolute Gasteiger partial charge is 0.454 e. The number of carbonyl (C=O) groups is 2. The van der Waals surface area contributed by atoms with Gasteiger partial charge in [0, 0.05) is 13.1 Å². The van der Waals surface area contributed by atoms with Gasteiger partial charge in [0.05, 0.1) is 47.0 Å². The molecule has 12 nitrogen and oxygen atoms in total. The number of amides is 2. The normalized spacial score (nSPS) is 17.6. The van der Waals surface area contributed by atoms with Gasteiger partial charge < -0.3 is 38.7 Å². The lowest BCUT2D eigenvalue weighted by Gasteiger charge is -2.23. The summed E-state index contributed by atoms with van der Waals surface area (Å²) in [6, 6.07) is 32.4. The standard InChI is InChI=1S/C46H40N6O6.2H2S/c53-43(21-27-5-15-39-41(19-27)57-25-55-39)51-17-1-3-37(51)45-47-33-13-11-31(23-35(33)49-45)29-7-9-30(10-8-29)32-12-14-34-36(24-32)50-46(48-34)38-4-2-18-52(38)44(54)22-28-6-16-40-42(20-28)58-26-56-40;;/h5-16,19-20,23-24,37-38H,1-4,17-18,21-22,25-26H2,(H,47,49)(H,48,50);2*1H2/t37-,38-;;/m0../s1. The van der Waals surface area contributed by atoms with Crippen LogP contribution >= 0.6 is 27.0 Å². The number of nitrogens with one attached hydrogen (secondary N) is 2. The smallest absolute Gasteiger partial charge is 0.231 e. The van der Waals surface area contributed by atoms with Gasteiger partial charge in [-0.3, -0.25) is 9.59 Å². The summed E-state index contributed by atoms with van der Waals surface area (Å²) in [5, 5.41) is 0. The molecule has 0 aliphatic carbocycles. The molecule has 14 heteroatoms. The summed E-state index contributed by atoms with van der Waals surface area (Å²) in [7, 11) is 0. The van der Waals surface area contributed by atoms with E-state index < -0.39 is 0 Å². The second-order valence-electron chi connectivity index (χ2n) is 15.5. The summed E-state index contributed by atoms with van der Waals surface area (Å²) in [4.78, 5) is 47.9. The van der Waals surface area contributed by atoms with Crippen LogP contribution in [0.3, 0.4) is 0 Å². The average molecular weight is 841 g/mol. The van der Waals surface area contributed by atoms with Crippen LogP contribution in [0, 0.1) is 0 Å². The predicted molar refractivity (Wildman–Crippen MR) is 237 cm³/mol. The van der Waals surface area contributed by atoms with Gasteiger partial charge in [-0.2, -0.15) is 27.0 Å². The Morgan fingerprint density at radius 2 is 0.950 bits per heavy atom. The molecule has 4 aliphatic heterocycles. The number of carbonyl (C=O) groups excluding carboxylic acids is 2. The van der Waals surface area contributed by atoms with E-state index in [9.17, 15) is 9.59 Å². The Morgan fingerprint density at radius 3 is 1.40 bits per heavy atom. The van der Waals surface area contributed by atoms with Crippen LogP contribution in [0.25, 0.3) is 44.3 Å². The SMILES string of the molecule is O=C(Cc1ccc2c(c1)OCO2)N1CCC[C@H]1c1nc2ccc(-c3ccc(-c4ccc5nc([C@@H]6CCCN6C(=O)Cc6ccc7c(c6)OCO7)[nH]c5c4)cc3)cc2[nH]1.S.S. The Balaban J connectivity index is 0.00000231. The molecule has 2 N–H and O–H groups in total. The average Bonchev–Trinajstić information content (AvgIpc) is 4.10. The number of benzene rings is 5. The highest BCUT2D eigenvalue weighted by atomic mass is 32.1. The number of ether oxygens (including phenoxy) is 4. The number of rotatable bonds is 8. The zero-order chi connectivity index (χ0) is 38.7. The van der Waals surface area contributed by atoms with E-state index in [-0.39, 0.29) is 64.5 Å². The molecule has 7 aromatic rings. The Kier molecular flexibility index (Phi) is 10.6. The molecule has 0 saturated carbocycles. The predicted octanol–water partition coefficient (Wildman–Crippen LogP) is 8.27. The molecule has 2 atom stereocenters. The van der Waals surface area contributed by atoms with E-state index in [0.717, 1.165) is 92.8 Å². The van der Waals surface area contributed by atoms with Gasteiger partial charge in [-0.25, -0.2) is 9.97 Å². The summed E-state index contributed by atoms with van der Waals surface area (Å²) in [5.74, 6) is 4.62. The Morgan fingerprint density at radius 1 is 0.533 bits per heavy atom. The molecule has 11 rings (SSSR count). The number of nitrogens with zero attached hydrogens (tertiary/aromatic N) is 4. The first kappa shape index (κ1) is 39.3. The number of aromatic amines is 2. The molecule has 306 valence electrons. The monoisotopic (exact) mass is 840 g/mol. The molecular weight excluding hydrogens is 797 g/mol. The van der Waals surface area contributed by atoms with Gasteiger partial charge in [-0.05, 0) is 108 Å². The molecule has 0 radical (unpaired) electrons. The van der Waals surface area contributed by atoms with E-state index >= 15 is 0 Å². The lowest BCUT2D eigenvalue weighted by molar-refractivity contribution is -0.132. The van der Waals surface area contributed by atoms with Crippen LogP contribution in [0.1, 0.15) is 60.5 Å². The van der Waals surface area contributed by atoms with Gasteiger partial charge in [0.25, 0.3) is 0 Å². The summed E-state index contributed by atoms with van der Waals surface area (Å²) in [5.41, 5.74) is 9.84. The van der Waals surface area contributed by atoms with E-state index in [1.54, 1.807) is 0 Å². The van der Waals surface area contributed by atoms with Gasteiger partial charge in [-0.15, -0.1) is 0 Å².